The SMILES string of the molecule is Cc1cc(Cl)ccc1C(=O)N(C)CCOCCO. The molecule has 5 heteroatoms. The van der Waals surface area contributed by atoms with Gasteiger partial charge in [-0.05, 0) is 30.7 Å². The summed E-state index contributed by atoms with van der Waals surface area (Å²) in [6.45, 7) is 3.04. The molecule has 0 atom stereocenters. The van der Waals surface area contributed by atoms with Gasteiger partial charge in [-0.15, -0.1) is 0 Å². The van der Waals surface area contributed by atoms with Crippen LogP contribution in [0, 0.1) is 6.92 Å². The highest BCUT2D eigenvalue weighted by molar-refractivity contribution is 6.30. The molecule has 1 rings (SSSR count). The molecule has 1 amide bonds. The Kier molecular flexibility index (Phi) is 6.12. The van der Waals surface area contributed by atoms with Gasteiger partial charge in [0.05, 0.1) is 19.8 Å². The van der Waals surface area contributed by atoms with Gasteiger partial charge in [0.2, 0.25) is 0 Å². The van der Waals surface area contributed by atoms with Gasteiger partial charge in [0.15, 0.2) is 0 Å². The van der Waals surface area contributed by atoms with Gasteiger partial charge in [-0.3, -0.25) is 4.79 Å². The predicted molar refractivity (Wildman–Crippen MR) is 71.1 cm³/mol. The van der Waals surface area contributed by atoms with E-state index in [4.69, 9.17) is 21.4 Å². The number of carbonyl (C=O) groups excluding carboxylic acids is 1. The van der Waals surface area contributed by atoms with Gasteiger partial charge in [-0.2, -0.15) is 0 Å². The lowest BCUT2D eigenvalue weighted by molar-refractivity contribution is 0.0618. The number of ether oxygens (including phenoxy) is 1. The smallest absolute Gasteiger partial charge is 0.253 e. The summed E-state index contributed by atoms with van der Waals surface area (Å²) < 4.78 is 5.12. The Bertz CT molecular complexity index is 409. The van der Waals surface area contributed by atoms with E-state index in [-0.39, 0.29) is 12.5 Å². The number of hydrogen-bond acceptors (Lipinski definition) is 3. The van der Waals surface area contributed by atoms with E-state index in [1.54, 1.807) is 30.1 Å². The number of hydrogen-bond donors (Lipinski definition) is 1. The fraction of sp³-hybridized carbons (Fsp3) is 0.462. The van der Waals surface area contributed by atoms with Crippen LogP contribution in [0.1, 0.15) is 15.9 Å². The van der Waals surface area contributed by atoms with Crippen LogP contribution in [0.3, 0.4) is 0 Å². The van der Waals surface area contributed by atoms with E-state index >= 15 is 0 Å². The largest absolute Gasteiger partial charge is 0.394 e. The maximum Gasteiger partial charge on any atom is 0.253 e. The van der Waals surface area contributed by atoms with Crippen LogP contribution >= 0.6 is 11.6 Å². The first kappa shape index (κ1) is 15.0. The van der Waals surface area contributed by atoms with Crippen molar-refractivity contribution in [3.63, 3.8) is 0 Å². The van der Waals surface area contributed by atoms with Crippen LogP contribution < -0.4 is 0 Å². The zero-order valence-corrected chi connectivity index (χ0v) is 11.4. The molecule has 0 fully saturated rings. The molecule has 0 unspecified atom stereocenters. The van der Waals surface area contributed by atoms with Crippen molar-refractivity contribution in [2.24, 2.45) is 0 Å². The number of aliphatic hydroxyl groups is 1. The second-order valence-corrected chi connectivity index (χ2v) is 4.46. The van der Waals surface area contributed by atoms with Gasteiger partial charge in [0.1, 0.15) is 0 Å². The van der Waals surface area contributed by atoms with E-state index in [1.165, 1.54) is 0 Å². The first-order valence-corrected chi connectivity index (χ1v) is 6.14. The number of halogens is 1. The molecule has 0 aromatic heterocycles. The summed E-state index contributed by atoms with van der Waals surface area (Å²) in [6.07, 6.45) is 0. The van der Waals surface area contributed by atoms with Crippen molar-refractivity contribution >= 4 is 17.5 Å². The lowest BCUT2D eigenvalue weighted by atomic mass is 10.1. The van der Waals surface area contributed by atoms with Crippen LogP contribution in [0.15, 0.2) is 18.2 Å². The van der Waals surface area contributed by atoms with Crippen LogP contribution in [-0.4, -0.2) is 49.3 Å². The highest BCUT2D eigenvalue weighted by Crippen LogP contribution is 2.16. The number of aryl methyl sites for hydroxylation is 1. The highest BCUT2D eigenvalue weighted by atomic mass is 35.5. The van der Waals surface area contributed by atoms with Crippen molar-refractivity contribution in [3.8, 4) is 0 Å². The van der Waals surface area contributed by atoms with Gasteiger partial charge in [0, 0.05) is 24.2 Å². The standard InChI is InChI=1S/C13H18ClNO3/c1-10-9-11(14)3-4-12(10)13(17)15(2)5-7-18-8-6-16/h3-4,9,16H,5-8H2,1-2H3. The van der Waals surface area contributed by atoms with E-state index in [0.717, 1.165) is 5.56 Å². The van der Waals surface area contributed by atoms with Crippen molar-refractivity contribution in [2.45, 2.75) is 6.92 Å². The van der Waals surface area contributed by atoms with Gasteiger partial charge >= 0.3 is 0 Å². The topological polar surface area (TPSA) is 49.8 Å². The molecule has 1 aromatic rings. The van der Waals surface area contributed by atoms with Gasteiger partial charge < -0.3 is 14.7 Å². The zero-order chi connectivity index (χ0) is 13.5. The molecule has 0 aliphatic carbocycles. The molecule has 4 nitrogen and oxygen atoms in total. The van der Waals surface area contributed by atoms with E-state index in [1.807, 2.05) is 6.92 Å². The molecule has 0 saturated carbocycles. The van der Waals surface area contributed by atoms with Crippen LogP contribution in [0.5, 0.6) is 0 Å². The van der Waals surface area contributed by atoms with Crippen molar-refractivity contribution in [3.05, 3.63) is 34.3 Å². The Hall–Kier alpha value is -1.10. The highest BCUT2D eigenvalue weighted by Gasteiger charge is 2.13. The fourth-order valence-electron chi connectivity index (χ4n) is 1.54. The second-order valence-electron chi connectivity index (χ2n) is 4.02. The molecular formula is C13H18ClNO3. The number of nitrogens with zero attached hydrogens (tertiary/aromatic N) is 1. The lowest BCUT2D eigenvalue weighted by Crippen LogP contribution is -2.30. The van der Waals surface area contributed by atoms with E-state index < -0.39 is 0 Å². The molecule has 0 saturated heterocycles. The molecule has 100 valence electrons. The molecule has 0 aliphatic rings. The Morgan fingerprint density at radius 2 is 2.17 bits per heavy atom. The van der Waals surface area contributed by atoms with Crippen molar-refractivity contribution in [1.29, 1.82) is 0 Å². The molecule has 0 heterocycles. The van der Waals surface area contributed by atoms with Crippen LogP contribution in [0.4, 0.5) is 0 Å². The van der Waals surface area contributed by atoms with E-state index in [2.05, 4.69) is 0 Å². The maximum atomic E-state index is 12.1. The summed E-state index contributed by atoms with van der Waals surface area (Å²) in [6, 6.07) is 5.20. The van der Waals surface area contributed by atoms with Crippen molar-refractivity contribution < 1.29 is 14.6 Å². The number of benzene rings is 1. The van der Waals surface area contributed by atoms with Crippen molar-refractivity contribution in [2.75, 3.05) is 33.4 Å². The third kappa shape index (κ3) is 4.29. The molecule has 1 N–H and O–H groups in total. The normalized spacial score (nSPS) is 10.4. The summed E-state index contributed by atoms with van der Waals surface area (Å²) >= 11 is 5.85. The number of aliphatic hydroxyl groups excluding tert-OH is 1. The molecule has 0 bridgehead atoms. The van der Waals surface area contributed by atoms with Gasteiger partial charge in [0.25, 0.3) is 5.91 Å². The number of carbonyl (C=O) groups is 1. The summed E-state index contributed by atoms with van der Waals surface area (Å²) in [5.41, 5.74) is 1.50. The maximum absolute atomic E-state index is 12.1. The Balaban J connectivity index is 2.57. The fourth-order valence-corrected chi connectivity index (χ4v) is 1.77. The predicted octanol–water partition coefficient (Wildman–Crippen LogP) is 1.73. The van der Waals surface area contributed by atoms with Gasteiger partial charge in [-0.1, -0.05) is 11.6 Å². The average Bonchev–Trinajstić information content (AvgIpc) is 2.33. The van der Waals surface area contributed by atoms with Crippen molar-refractivity contribution in [1.82, 2.24) is 4.90 Å². The summed E-state index contributed by atoms with van der Waals surface area (Å²) in [4.78, 5) is 13.7. The average molecular weight is 272 g/mol. The number of likely N-dealkylation sites (N-methyl/N-ethyl adjacent to an activating group) is 1. The Morgan fingerprint density at radius 3 is 2.78 bits per heavy atom. The Morgan fingerprint density at radius 1 is 1.44 bits per heavy atom. The minimum atomic E-state index is -0.0586. The van der Waals surface area contributed by atoms with Gasteiger partial charge in [-0.25, -0.2) is 0 Å². The third-order valence-corrected chi connectivity index (χ3v) is 2.81. The first-order chi connectivity index (χ1) is 8.56. The monoisotopic (exact) mass is 271 g/mol. The van der Waals surface area contributed by atoms with Crippen LogP contribution in [-0.2, 0) is 4.74 Å². The minimum Gasteiger partial charge on any atom is -0.394 e. The lowest BCUT2D eigenvalue weighted by Gasteiger charge is -2.18. The molecule has 18 heavy (non-hydrogen) atoms. The second kappa shape index (κ2) is 7.36. The quantitative estimate of drug-likeness (QED) is 0.802. The first-order valence-electron chi connectivity index (χ1n) is 5.76. The summed E-state index contributed by atoms with van der Waals surface area (Å²) in [5.74, 6) is -0.0586. The number of amides is 1. The molecule has 0 aliphatic heterocycles. The van der Waals surface area contributed by atoms with E-state index in [9.17, 15) is 4.79 Å². The molecular weight excluding hydrogens is 254 g/mol. The summed E-state index contributed by atoms with van der Waals surface area (Å²) in [5, 5.41) is 9.19. The van der Waals surface area contributed by atoms with E-state index in [0.29, 0.717) is 30.3 Å². The molecule has 1 aromatic carbocycles. The molecule has 0 spiro atoms. The summed E-state index contributed by atoms with van der Waals surface area (Å²) in [7, 11) is 1.72. The Labute approximate surface area is 112 Å². The number of rotatable bonds is 6. The molecule has 0 radical (unpaired) electrons. The minimum absolute atomic E-state index is 0.00600. The van der Waals surface area contributed by atoms with Crippen LogP contribution in [0.2, 0.25) is 5.02 Å². The zero-order valence-electron chi connectivity index (χ0n) is 10.6. The van der Waals surface area contributed by atoms with Crippen LogP contribution in [0.25, 0.3) is 0 Å². The third-order valence-electron chi connectivity index (χ3n) is 2.57.